The Morgan fingerprint density at radius 3 is 2.56 bits per heavy atom. The lowest BCUT2D eigenvalue weighted by Crippen LogP contribution is -2.12. The third kappa shape index (κ3) is 4.00. The molecule has 0 atom stereocenters. The lowest BCUT2D eigenvalue weighted by Gasteiger charge is -2.04. The van der Waals surface area contributed by atoms with E-state index in [0.29, 0.717) is 12.1 Å². The van der Waals surface area contributed by atoms with Gasteiger partial charge in [-0.3, -0.25) is 4.99 Å². The van der Waals surface area contributed by atoms with Crippen molar-refractivity contribution in [1.29, 1.82) is 0 Å². The van der Waals surface area contributed by atoms with Crippen LogP contribution in [0.15, 0.2) is 62.4 Å². The molecule has 0 spiro atoms. The summed E-state index contributed by atoms with van der Waals surface area (Å²) >= 11 is 4.97. The third-order valence-electron chi connectivity index (χ3n) is 3.44. The van der Waals surface area contributed by atoms with Crippen molar-refractivity contribution >= 4 is 33.5 Å². The first-order valence-electron chi connectivity index (χ1n) is 7.62. The summed E-state index contributed by atoms with van der Waals surface area (Å²) < 4.78 is 2.79. The predicted molar refractivity (Wildman–Crippen MR) is 104 cm³/mol. The molecule has 128 valence electrons. The summed E-state index contributed by atoms with van der Waals surface area (Å²) in [6.45, 7) is 2.64. The molecule has 3 aromatic rings. The van der Waals surface area contributed by atoms with E-state index in [-0.39, 0.29) is 11.5 Å². The Labute approximate surface area is 157 Å². The maximum Gasteiger partial charge on any atom is 0.206 e. The molecule has 25 heavy (non-hydrogen) atoms. The van der Waals surface area contributed by atoms with Gasteiger partial charge in [-0.05, 0) is 42.8 Å². The zero-order valence-electron chi connectivity index (χ0n) is 13.4. The molecular weight excluding hydrogens is 402 g/mol. The highest BCUT2D eigenvalue weighted by Gasteiger charge is 2.07. The van der Waals surface area contributed by atoms with Crippen molar-refractivity contribution in [3.63, 3.8) is 0 Å². The van der Waals surface area contributed by atoms with Crippen molar-refractivity contribution in [2.75, 3.05) is 6.54 Å². The molecule has 3 rings (SSSR count). The van der Waals surface area contributed by atoms with E-state index in [4.69, 9.17) is 0 Å². The lowest BCUT2D eigenvalue weighted by molar-refractivity contribution is 0.403. The van der Waals surface area contributed by atoms with Gasteiger partial charge in [0.1, 0.15) is 0 Å². The molecule has 0 aliphatic heterocycles. The van der Waals surface area contributed by atoms with Crippen LogP contribution in [0.3, 0.4) is 0 Å². The van der Waals surface area contributed by atoms with Crippen molar-refractivity contribution in [2.45, 2.75) is 6.92 Å². The second kappa shape index (κ2) is 7.67. The number of phenols is 2. The molecule has 0 aliphatic carbocycles. The van der Waals surface area contributed by atoms with Crippen LogP contribution in [0.25, 0.3) is 11.3 Å². The number of phenolic OH excluding ortho intramolecular Hbond substituents is 2. The van der Waals surface area contributed by atoms with Gasteiger partial charge in [0.25, 0.3) is 0 Å². The van der Waals surface area contributed by atoms with E-state index in [1.807, 2.05) is 36.6 Å². The van der Waals surface area contributed by atoms with Crippen molar-refractivity contribution in [3.05, 3.63) is 62.7 Å². The Balaban J connectivity index is 2.05. The average molecular weight is 418 g/mol. The zero-order valence-corrected chi connectivity index (χ0v) is 15.8. The molecule has 1 aromatic heterocycles. The van der Waals surface area contributed by atoms with Crippen LogP contribution in [0.5, 0.6) is 11.5 Å². The fourth-order valence-corrected chi connectivity index (χ4v) is 3.38. The van der Waals surface area contributed by atoms with E-state index in [2.05, 4.69) is 26.0 Å². The number of hydrogen-bond acceptors (Lipinski definition) is 5. The summed E-state index contributed by atoms with van der Waals surface area (Å²) in [6, 6.07) is 12.6. The second-order valence-electron chi connectivity index (χ2n) is 5.19. The van der Waals surface area contributed by atoms with Gasteiger partial charge < -0.3 is 10.2 Å². The number of aromatic hydroxyl groups is 2. The maximum atomic E-state index is 9.62. The van der Waals surface area contributed by atoms with Crippen molar-refractivity contribution < 1.29 is 10.2 Å². The monoisotopic (exact) mass is 417 g/mol. The van der Waals surface area contributed by atoms with Crippen molar-refractivity contribution in [1.82, 2.24) is 4.68 Å². The van der Waals surface area contributed by atoms with Crippen LogP contribution in [0.4, 0.5) is 0 Å². The van der Waals surface area contributed by atoms with E-state index in [0.717, 1.165) is 20.5 Å². The minimum absolute atomic E-state index is 0.155. The molecule has 0 fully saturated rings. The average Bonchev–Trinajstić information content (AvgIpc) is 3.00. The van der Waals surface area contributed by atoms with Crippen LogP contribution in [0, 0.1) is 0 Å². The number of thiazole rings is 1. The topological polar surface area (TPSA) is 70.1 Å². The van der Waals surface area contributed by atoms with Crippen LogP contribution in [0.2, 0.25) is 0 Å². The molecule has 1 heterocycles. The Morgan fingerprint density at radius 1 is 1.12 bits per heavy atom. The van der Waals surface area contributed by atoms with E-state index in [1.54, 1.807) is 17.0 Å². The molecule has 5 nitrogen and oxygen atoms in total. The van der Waals surface area contributed by atoms with Gasteiger partial charge in [-0.2, -0.15) is 5.10 Å². The summed E-state index contributed by atoms with van der Waals surface area (Å²) in [5.74, 6) is -0.330. The maximum absolute atomic E-state index is 9.62. The van der Waals surface area contributed by atoms with E-state index >= 15 is 0 Å². The summed E-state index contributed by atoms with van der Waals surface area (Å²) in [5.41, 5.74) is 2.64. The molecule has 0 aliphatic rings. The fourth-order valence-electron chi connectivity index (χ4n) is 2.22. The minimum Gasteiger partial charge on any atom is -0.504 e. The van der Waals surface area contributed by atoms with Crippen LogP contribution in [-0.4, -0.2) is 27.6 Å². The summed E-state index contributed by atoms with van der Waals surface area (Å²) in [7, 11) is 0. The number of hydrogen-bond donors (Lipinski definition) is 2. The highest BCUT2D eigenvalue weighted by molar-refractivity contribution is 9.10. The largest absolute Gasteiger partial charge is 0.504 e. The lowest BCUT2D eigenvalue weighted by atomic mass is 10.2. The molecule has 0 bridgehead atoms. The van der Waals surface area contributed by atoms with Gasteiger partial charge in [-0.15, -0.1) is 11.3 Å². The summed E-state index contributed by atoms with van der Waals surface area (Å²) in [6.07, 6.45) is 1.63. The number of benzene rings is 2. The molecule has 0 amide bonds. The molecule has 0 saturated carbocycles. The quantitative estimate of drug-likeness (QED) is 0.493. The minimum atomic E-state index is -0.175. The Bertz CT molecular complexity index is 975. The number of rotatable bonds is 4. The van der Waals surface area contributed by atoms with Gasteiger partial charge in [-0.1, -0.05) is 28.1 Å². The van der Waals surface area contributed by atoms with E-state index < -0.39 is 0 Å². The first-order valence-corrected chi connectivity index (χ1v) is 9.29. The van der Waals surface area contributed by atoms with Crippen LogP contribution in [-0.2, 0) is 0 Å². The number of aromatic nitrogens is 1. The Morgan fingerprint density at radius 2 is 1.88 bits per heavy atom. The first kappa shape index (κ1) is 17.4. The molecule has 0 unspecified atom stereocenters. The zero-order chi connectivity index (χ0) is 17.8. The molecule has 0 saturated heterocycles. The smallest absolute Gasteiger partial charge is 0.206 e. The van der Waals surface area contributed by atoms with Gasteiger partial charge in [0.2, 0.25) is 4.80 Å². The molecule has 2 aromatic carbocycles. The predicted octanol–water partition coefficient (Wildman–Crippen LogP) is 4.19. The van der Waals surface area contributed by atoms with Crippen LogP contribution >= 0.6 is 27.3 Å². The van der Waals surface area contributed by atoms with Crippen molar-refractivity contribution in [2.24, 2.45) is 10.1 Å². The SMILES string of the molecule is CCN=c1scc(-c2ccc(Br)cc2)n1N=Cc1ccc(O)c(O)c1. The van der Waals surface area contributed by atoms with Gasteiger partial charge in [0.15, 0.2) is 11.5 Å². The summed E-state index contributed by atoms with van der Waals surface area (Å²) in [4.78, 5) is 5.27. The summed E-state index contributed by atoms with van der Waals surface area (Å²) in [5, 5.41) is 25.6. The highest BCUT2D eigenvalue weighted by Crippen LogP contribution is 2.25. The Hall–Kier alpha value is -2.38. The number of nitrogens with zero attached hydrogens (tertiary/aromatic N) is 3. The fraction of sp³-hybridized carbons (Fsp3) is 0.111. The Kier molecular flexibility index (Phi) is 5.35. The van der Waals surface area contributed by atoms with Crippen LogP contribution in [0.1, 0.15) is 12.5 Å². The van der Waals surface area contributed by atoms with Gasteiger partial charge in [-0.25, -0.2) is 4.68 Å². The van der Waals surface area contributed by atoms with Gasteiger partial charge in [0, 0.05) is 22.0 Å². The third-order valence-corrected chi connectivity index (χ3v) is 4.82. The van der Waals surface area contributed by atoms with E-state index in [9.17, 15) is 10.2 Å². The molecule has 0 radical (unpaired) electrons. The van der Waals surface area contributed by atoms with Crippen molar-refractivity contribution in [3.8, 4) is 22.8 Å². The first-order chi connectivity index (χ1) is 12.1. The second-order valence-corrected chi connectivity index (χ2v) is 6.94. The van der Waals surface area contributed by atoms with E-state index in [1.165, 1.54) is 23.5 Å². The van der Waals surface area contributed by atoms with Gasteiger partial charge >= 0.3 is 0 Å². The highest BCUT2D eigenvalue weighted by atomic mass is 79.9. The normalized spacial score (nSPS) is 12.2. The standard InChI is InChI=1S/C18H16BrN3O2S/c1-2-20-18-22(21-10-12-3-8-16(23)17(24)9-12)15(11-25-18)13-4-6-14(19)7-5-13/h3-11,23-24H,2H2,1H3. The molecular formula is C18H16BrN3O2S. The van der Waals surface area contributed by atoms with Gasteiger partial charge in [0.05, 0.1) is 11.9 Å². The molecule has 2 N–H and O–H groups in total. The number of halogens is 1. The molecule has 7 heteroatoms. The van der Waals surface area contributed by atoms with Crippen LogP contribution < -0.4 is 4.80 Å².